The molecule has 4 rings (SSSR count). The van der Waals surface area contributed by atoms with Gasteiger partial charge in [-0.1, -0.05) is 64.2 Å². The second kappa shape index (κ2) is 8.76. The number of fused-ring (bicyclic) bond motifs is 4. The van der Waals surface area contributed by atoms with Crippen LogP contribution in [0.5, 0.6) is 0 Å². The lowest BCUT2D eigenvalue weighted by Crippen LogP contribution is -2.45. The summed E-state index contributed by atoms with van der Waals surface area (Å²) in [5.41, 5.74) is 4.73. The molecule has 0 bridgehead atoms. The summed E-state index contributed by atoms with van der Waals surface area (Å²) in [6.07, 6.45) is 19.0. The molecule has 1 unspecified atom stereocenters. The van der Waals surface area contributed by atoms with Crippen LogP contribution in [0, 0.1) is 40.4 Å². The first-order valence-corrected chi connectivity index (χ1v) is 13.3. The van der Waals surface area contributed by atoms with E-state index in [0.717, 1.165) is 42.4 Å². The normalized spacial score (nSPS) is 42.8. The first-order valence-electron chi connectivity index (χ1n) is 13.3. The summed E-state index contributed by atoms with van der Waals surface area (Å²) < 4.78 is 0. The Morgan fingerprint density at radius 1 is 1.07 bits per heavy atom. The first-order chi connectivity index (χ1) is 14.3. The fourth-order valence-corrected chi connectivity index (χ4v) is 8.81. The summed E-state index contributed by atoms with van der Waals surface area (Å²) in [4.78, 5) is 0. The van der Waals surface area contributed by atoms with Crippen LogP contribution >= 0.6 is 0 Å². The molecule has 0 radical (unpaired) electrons. The first kappa shape index (κ1) is 22.6. The number of allylic oxidation sites excluding steroid dienone is 3. The molecule has 0 aromatic heterocycles. The molecule has 8 atom stereocenters. The van der Waals surface area contributed by atoms with E-state index in [9.17, 15) is 5.11 Å². The second-order valence-electron chi connectivity index (χ2n) is 12.4. The topological polar surface area (TPSA) is 20.2 Å². The Balaban J connectivity index is 1.46. The van der Waals surface area contributed by atoms with Gasteiger partial charge < -0.3 is 5.11 Å². The van der Waals surface area contributed by atoms with E-state index in [2.05, 4.69) is 40.3 Å². The summed E-state index contributed by atoms with van der Waals surface area (Å²) in [5.74, 6) is 4.18. The number of hydrogen-bond donors (Lipinski definition) is 1. The molecule has 0 amide bonds. The second-order valence-corrected chi connectivity index (χ2v) is 12.4. The summed E-state index contributed by atoms with van der Waals surface area (Å²) in [7, 11) is 0. The van der Waals surface area contributed by atoms with E-state index < -0.39 is 0 Å². The molecular formula is C29H48O. The minimum atomic E-state index is -0.0370. The Morgan fingerprint density at radius 2 is 1.87 bits per heavy atom. The van der Waals surface area contributed by atoms with Gasteiger partial charge in [0.25, 0.3) is 0 Å². The molecule has 4 aliphatic carbocycles. The third-order valence-electron chi connectivity index (χ3n) is 10.6. The van der Waals surface area contributed by atoms with Crippen molar-refractivity contribution < 1.29 is 5.11 Å². The van der Waals surface area contributed by atoms with Crippen molar-refractivity contribution in [1.82, 2.24) is 0 Å². The fourth-order valence-electron chi connectivity index (χ4n) is 8.81. The van der Waals surface area contributed by atoms with Gasteiger partial charge in [-0.15, -0.1) is 6.58 Å². The van der Waals surface area contributed by atoms with Gasteiger partial charge in [-0.2, -0.15) is 0 Å². The van der Waals surface area contributed by atoms with E-state index in [-0.39, 0.29) is 6.10 Å². The van der Waals surface area contributed by atoms with Gasteiger partial charge in [0.05, 0.1) is 6.10 Å². The van der Waals surface area contributed by atoms with Crippen molar-refractivity contribution >= 4 is 0 Å². The molecule has 170 valence electrons. The van der Waals surface area contributed by atoms with Crippen molar-refractivity contribution in [2.75, 3.05) is 0 Å². The molecule has 1 N–H and O–H groups in total. The predicted molar refractivity (Wildman–Crippen MR) is 128 cm³/mol. The maximum atomic E-state index is 10.3. The van der Waals surface area contributed by atoms with Crippen LogP contribution in [0.15, 0.2) is 23.8 Å². The van der Waals surface area contributed by atoms with Crippen LogP contribution < -0.4 is 0 Å². The molecule has 0 saturated heterocycles. The van der Waals surface area contributed by atoms with Gasteiger partial charge in [0, 0.05) is 0 Å². The Bertz CT molecular complexity index is 661. The largest absolute Gasteiger partial charge is 0.393 e. The molecule has 0 aromatic rings. The van der Waals surface area contributed by atoms with Gasteiger partial charge in [-0.3, -0.25) is 0 Å². The zero-order chi connectivity index (χ0) is 21.5. The SMILES string of the molecule is C=CCC(C)CCC[C@@H](C)[C@H]1CC[C@H]2C3=C(CC[C@]12C)[C@@]1(C)CC[C@H](O)C[C@@H]1CC3. The molecule has 0 heterocycles. The number of hydrogen-bond acceptors (Lipinski definition) is 1. The number of rotatable bonds is 7. The lowest BCUT2D eigenvalue weighted by molar-refractivity contribution is 0.0132. The summed E-state index contributed by atoms with van der Waals surface area (Å²) >= 11 is 0. The zero-order valence-electron chi connectivity index (χ0n) is 20.4. The van der Waals surface area contributed by atoms with Crippen molar-refractivity contribution in [3.05, 3.63) is 23.8 Å². The maximum Gasteiger partial charge on any atom is 0.0543 e. The van der Waals surface area contributed by atoms with E-state index in [1.807, 2.05) is 11.1 Å². The maximum absolute atomic E-state index is 10.3. The lowest BCUT2D eigenvalue weighted by atomic mass is 9.50. The molecule has 1 heteroatoms. The lowest BCUT2D eigenvalue weighted by Gasteiger charge is -2.55. The van der Waals surface area contributed by atoms with Crippen molar-refractivity contribution in [2.24, 2.45) is 40.4 Å². The van der Waals surface area contributed by atoms with Gasteiger partial charge in [0.2, 0.25) is 0 Å². The average Bonchev–Trinajstić information content (AvgIpc) is 3.06. The van der Waals surface area contributed by atoms with Crippen LogP contribution in [0.25, 0.3) is 0 Å². The Morgan fingerprint density at radius 3 is 2.63 bits per heavy atom. The molecule has 30 heavy (non-hydrogen) atoms. The highest BCUT2D eigenvalue weighted by Gasteiger charge is 2.55. The van der Waals surface area contributed by atoms with Crippen LogP contribution in [-0.2, 0) is 0 Å². The van der Waals surface area contributed by atoms with Crippen molar-refractivity contribution in [2.45, 2.75) is 117 Å². The smallest absolute Gasteiger partial charge is 0.0543 e. The molecule has 0 spiro atoms. The van der Waals surface area contributed by atoms with Crippen LogP contribution in [0.3, 0.4) is 0 Å². The van der Waals surface area contributed by atoms with Crippen LogP contribution in [0.1, 0.15) is 111 Å². The highest BCUT2D eigenvalue weighted by molar-refractivity contribution is 5.34. The standard InChI is InChI=1S/C29H48O/c1-6-8-20(2)9-7-10-21(3)25-13-14-26-24-12-11-22-19-23(30)15-17-28(22,4)27(24)16-18-29(25,26)5/h6,20-23,25-26,30H,1,7-19H2,2-5H3/t20?,21-,22+,23+,25-,26+,28+,29-/m1/s1. The summed E-state index contributed by atoms with van der Waals surface area (Å²) in [6, 6.07) is 0. The third kappa shape index (κ3) is 3.87. The Kier molecular flexibility index (Phi) is 6.61. The van der Waals surface area contributed by atoms with Gasteiger partial charge in [0.1, 0.15) is 0 Å². The van der Waals surface area contributed by atoms with Crippen molar-refractivity contribution in [3.8, 4) is 0 Å². The summed E-state index contributed by atoms with van der Waals surface area (Å²) in [5, 5.41) is 10.3. The van der Waals surface area contributed by atoms with Crippen molar-refractivity contribution in [1.29, 1.82) is 0 Å². The molecule has 0 aliphatic heterocycles. The molecular weight excluding hydrogens is 364 g/mol. The quantitative estimate of drug-likeness (QED) is 0.419. The van der Waals surface area contributed by atoms with Crippen LogP contribution in [0.4, 0.5) is 0 Å². The number of aliphatic hydroxyl groups is 1. The molecule has 2 fully saturated rings. The van der Waals surface area contributed by atoms with Crippen LogP contribution in [0.2, 0.25) is 0 Å². The molecule has 2 saturated carbocycles. The third-order valence-corrected chi connectivity index (χ3v) is 10.6. The van der Waals surface area contributed by atoms with Gasteiger partial charge in [-0.25, -0.2) is 0 Å². The fraction of sp³-hybridized carbons (Fsp3) is 0.862. The highest BCUT2D eigenvalue weighted by atomic mass is 16.3. The average molecular weight is 413 g/mol. The Hall–Kier alpha value is -0.560. The minimum absolute atomic E-state index is 0.0370. The highest BCUT2D eigenvalue weighted by Crippen LogP contribution is 2.66. The molecule has 4 aliphatic rings. The minimum Gasteiger partial charge on any atom is -0.393 e. The van der Waals surface area contributed by atoms with Gasteiger partial charge >= 0.3 is 0 Å². The van der Waals surface area contributed by atoms with Crippen molar-refractivity contribution in [3.63, 3.8) is 0 Å². The zero-order valence-corrected chi connectivity index (χ0v) is 20.4. The summed E-state index contributed by atoms with van der Waals surface area (Å²) in [6.45, 7) is 14.1. The molecule has 1 nitrogen and oxygen atoms in total. The van der Waals surface area contributed by atoms with Gasteiger partial charge in [-0.05, 0) is 105 Å². The van der Waals surface area contributed by atoms with Crippen LogP contribution in [-0.4, -0.2) is 11.2 Å². The monoisotopic (exact) mass is 412 g/mol. The number of aliphatic hydroxyl groups excluding tert-OH is 1. The molecule has 0 aromatic carbocycles. The Labute approximate surface area is 186 Å². The van der Waals surface area contributed by atoms with E-state index in [4.69, 9.17) is 0 Å². The van der Waals surface area contributed by atoms with E-state index in [1.165, 1.54) is 70.6 Å². The predicted octanol–water partition coefficient (Wildman–Crippen LogP) is 8.09. The van der Waals surface area contributed by atoms with E-state index in [0.29, 0.717) is 10.8 Å². The van der Waals surface area contributed by atoms with E-state index in [1.54, 1.807) is 0 Å². The van der Waals surface area contributed by atoms with E-state index >= 15 is 0 Å². The van der Waals surface area contributed by atoms with Gasteiger partial charge in [0.15, 0.2) is 0 Å².